The number of pyridine rings is 1. The van der Waals surface area contributed by atoms with Crippen LogP contribution in [0.2, 0.25) is 5.02 Å². The Morgan fingerprint density at radius 2 is 1.74 bits per heavy atom. The summed E-state index contributed by atoms with van der Waals surface area (Å²) < 4.78 is 0. The molecule has 2 aromatic carbocycles. The van der Waals surface area contributed by atoms with Gasteiger partial charge in [-0.05, 0) is 101 Å². The molecule has 2 atom stereocenters. The maximum atomic E-state index is 13.8. The van der Waals surface area contributed by atoms with E-state index in [1.54, 1.807) is 60.2 Å². The van der Waals surface area contributed by atoms with Crippen LogP contribution in [0.15, 0.2) is 66.9 Å². The maximum absolute atomic E-state index is 13.8. The Morgan fingerprint density at radius 3 is 2.36 bits per heavy atom. The maximum Gasteiger partial charge on any atom is 0.309 e. The van der Waals surface area contributed by atoms with Crippen LogP contribution in [0.3, 0.4) is 0 Å². The van der Waals surface area contributed by atoms with Gasteiger partial charge in [0.25, 0.3) is 5.91 Å². The highest BCUT2D eigenvalue weighted by Crippen LogP contribution is 2.39. The van der Waals surface area contributed by atoms with Crippen molar-refractivity contribution in [3.05, 3.63) is 88.7 Å². The summed E-state index contributed by atoms with van der Waals surface area (Å²) in [7, 11) is 0. The van der Waals surface area contributed by atoms with E-state index in [9.17, 15) is 19.5 Å². The highest BCUT2D eigenvalue weighted by atomic mass is 35.5. The van der Waals surface area contributed by atoms with Crippen LogP contribution in [0.25, 0.3) is 0 Å². The second-order valence-corrected chi connectivity index (χ2v) is 11.1. The summed E-state index contributed by atoms with van der Waals surface area (Å²) in [5.74, 6) is -1.54. The Balaban J connectivity index is 1.57. The minimum absolute atomic E-state index is 0.0626. The lowest BCUT2D eigenvalue weighted by Crippen LogP contribution is -2.47. The number of hydrogen-bond donors (Lipinski definition) is 1. The van der Waals surface area contributed by atoms with Gasteiger partial charge in [0.2, 0.25) is 5.91 Å². The van der Waals surface area contributed by atoms with Crippen molar-refractivity contribution in [1.82, 2.24) is 4.98 Å². The fourth-order valence-corrected chi connectivity index (χ4v) is 5.12. The molecule has 0 saturated carbocycles. The number of amides is 2. The number of anilines is 2. The quantitative estimate of drug-likeness (QED) is 0.354. The third kappa shape index (κ3) is 5.98. The lowest BCUT2D eigenvalue weighted by molar-refractivity contribution is -0.147. The third-order valence-corrected chi connectivity index (χ3v) is 7.73. The first-order chi connectivity index (χ1) is 18.5. The van der Waals surface area contributed by atoms with Crippen molar-refractivity contribution in [1.29, 1.82) is 0 Å². The average Bonchev–Trinajstić information content (AvgIpc) is 2.92. The number of fused-ring (bicyclic) bond motifs is 1. The number of halogens is 1. The molecule has 2 heterocycles. The molecule has 7 nitrogen and oxygen atoms in total. The Hall–Kier alpha value is -3.71. The second kappa shape index (κ2) is 11.6. The minimum Gasteiger partial charge on any atom is -0.481 e. The smallest absolute Gasteiger partial charge is 0.309 e. The highest BCUT2D eigenvalue weighted by molar-refractivity contribution is 6.30. The highest BCUT2D eigenvalue weighted by Gasteiger charge is 2.40. The van der Waals surface area contributed by atoms with Gasteiger partial charge in [-0.3, -0.25) is 19.4 Å². The Morgan fingerprint density at radius 1 is 1.08 bits per heavy atom. The summed E-state index contributed by atoms with van der Waals surface area (Å²) >= 11 is 6.05. The number of carboxylic acid groups (broad SMARTS) is 1. The van der Waals surface area contributed by atoms with Crippen LogP contribution in [0.1, 0.15) is 68.1 Å². The minimum atomic E-state index is -0.826. The number of carbonyl (C=O) groups excluding carboxylic acids is 2. The van der Waals surface area contributed by atoms with Crippen LogP contribution in [0.4, 0.5) is 11.4 Å². The molecule has 1 aliphatic rings. The zero-order valence-electron chi connectivity index (χ0n) is 22.7. The monoisotopic (exact) mass is 547 g/mol. The Bertz CT molecular complexity index is 1360. The molecule has 0 aliphatic carbocycles. The first kappa shape index (κ1) is 28.3. The normalized spacial score (nSPS) is 16.9. The van der Waals surface area contributed by atoms with E-state index in [0.29, 0.717) is 47.8 Å². The molecule has 3 aromatic rings. The van der Waals surface area contributed by atoms with Crippen molar-refractivity contribution < 1.29 is 19.5 Å². The Kier molecular flexibility index (Phi) is 8.40. The van der Waals surface area contributed by atoms with Crippen molar-refractivity contribution in [2.45, 2.75) is 58.9 Å². The van der Waals surface area contributed by atoms with Gasteiger partial charge in [0.15, 0.2) is 0 Å². The van der Waals surface area contributed by atoms with E-state index >= 15 is 0 Å². The molecule has 1 aliphatic heterocycles. The van der Waals surface area contributed by atoms with Gasteiger partial charge < -0.3 is 14.9 Å². The van der Waals surface area contributed by atoms with Crippen molar-refractivity contribution in [3.63, 3.8) is 0 Å². The van der Waals surface area contributed by atoms with E-state index in [2.05, 4.69) is 4.98 Å². The van der Waals surface area contributed by atoms with Crippen molar-refractivity contribution in [3.8, 4) is 0 Å². The van der Waals surface area contributed by atoms with E-state index in [4.69, 9.17) is 11.6 Å². The molecule has 0 unspecified atom stereocenters. The molecule has 0 bridgehead atoms. The molecule has 1 aromatic heterocycles. The molecule has 204 valence electrons. The van der Waals surface area contributed by atoms with Gasteiger partial charge in [-0.15, -0.1) is 0 Å². The van der Waals surface area contributed by atoms with Crippen LogP contribution in [-0.4, -0.2) is 40.5 Å². The molecule has 0 spiro atoms. The molecular weight excluding hydrogens is 514 g/mol. The predicted octanol–water partition coefficient (Wildman–Crippen LogP) is 6.35. The van der Waals surface area contributed by atoms with Crippen LogP contribution in [0.5, 0.6) is 0 Å². The van der Waals surface area contributed by atoms with Crippen molar-refractivity contribution >= 4 is 40.8 Å². The number of aromatic nitrogens is 1. The number of benzene rings is 2. The van der Waals surface area contributed by atoms with Gasteiger partial charge in [0, 0.05) is 35.1 Å². The summed E-state index contributed by atoms with van der Waals surface area (Å²) in [6.07, 6.45) is 3.20. The van der Waals surface area contributed by atoms with Crippen molar-refractivity contribution in [2.24, 2.45) is 5.41 Å². The zero-order chi connectivity index (χ0) is 28.3. The number of aliphatic carboxylic acids is 1. The van der Waals surface area contributed by atoms with Crippen LogP contribution >= 0.6 is 11.6 Å². The molecule has 2 amide bonds. The lowest BCUT2D eigenvalue weighted by Gasteiger charge is -2.39. The predicted molar refractivity (Wildman–Crippen MR) is 154 cm³/mol. The van der Waals surface area contributed by atoms with Gasteiger partial charge in [-0.25, -0.2) is 0 Å². The van der Waals surface area contributed by atoms with Gasteiger partial charge in [0.05, 0.1) is 22.7 Å². The molecule has 0 saturated heterocycles. The summed E-state index contributed by atoms with van der Waals surface area (Å²) in [5, 5.41) is 9.97. The second-order valence-electron chi connectivity index (χ2n) is 10.7. The van der Waals surface area contributed by atoms with Gasteiger partial charge in [0.1, 0.15) is 0 Å². The molecule has 4 rings (SSSR count). The number of aryl methyl sites for hydroxylation is 1. The molecule has 39 heavy (non-hydrogen) atoms. The van der Waals surface area contributed by atoms with Crippen LogP contribution in [0, 0.1) is 5.41 Å². The summed E-state index contributed by atoms with van der Waals surface area (Å²) in [5.41, 5.74) is 2.68. The first-order valence-electron chi connectivity index (χ1n) is 13.2. The van der Waals surface area contributed by atoms with Gasteiger partial charge in [-0.2, -0.15) is 0 Å². The van der Waals surface area contributed by atoms with Crippen LogP contribution in [-0.2, 0) is 16.0 Å². The topological polar surface area (TPSA) is 90.8 Å². The number of hydrogen-bond acceptors (Lipinski definition) is 4. The third-order valence-electron chi connectivity index (χ3n) is 7.48. The standard InChI is InChI=1S/C31H34ClN3O4/c1-5-34(24-14-12-23(32)13-15-24)29(37)25-19-20(2)35(26-7-6-18-33-27(25)26)28(36)22-10-8-21(9-11-22)16-17-31(3,4)30(38)39/h6-15,18,20,25H,5,16-17,19H2,1-4H3,(H,38,39)/t20-,25-/m0/s1. The van der Waals surface area contributed by atoms with E-state index in [-0.39, 0.29) is 17.9 Å². The average molecular weight is 548 g/mol. The Labute approximate surface area is 234 Å². The molecule has 0 fully saturated rings. The van der Waals surface area contributed by atoms with E-state index in [1.165, 1.54) is 0 Å². The summed E-state index contributed by atoms with van der Waals surface area (Å²) in [4.78, 5) is 47.0. The molecule has 8 heteroatoms. The zero-order valence-corrected chi connectivity index (χ0v) is 23.5. The molecule has 0 radical (unpaired) electrons. The number of carbonyl (C=O) groups is 3. The van der Waals surface area contributed by atoms with Crippen molar-refractivity contribution in [2.75, 3.05) is 16.3 Å². The number of likely N-dealkylation sites (N-methyl/N-ethyl adjacent to an activating group) is 1. The SMILES string of the molecule is CCN(C(=O)[C@H]1C[C@H](C)N(C(=O)c2ccc(CCC(C)(C)C(=O)O)cc2)c2cccnc21)c1ccc(Cl)cc1. The van der Waals surface area contributed by atoms with Gasteiger partial charge in [-0.1, -0.05) is 23.7 Å². The molecular formula is C31H34ClN3O4. The fraction of sp³-hybridized carbons (Fsp3) is 0.355. The lowest BCUT2D eigenvalue weighted by atomic mass is 9.86. The van der Waals surface area contributed by atoms with E-state index < -0.39 is 17.3 Å². The summed E-state index contributed by atoms with van der Waals surface area (Å²) in [6.45, 7) is 7.80. The van der Waals surface area contributed by atoms with E-state index in [0.717, 1.165) is 11.3 Å². The fourth-order valence-electron chi connectivity index (χ4n) is 5.00. The number of carboxylic acids is 1. The summed E-state index contributed by atoms with van der Waals surface area (Å²) in [6, 6.07) is 17.9. The number of nitrogens with zero attached hydrogens (tertiary/aromatic N) is 3. The molecule has 1 N–H and O–H groups in total. The first-order valence-corrected chi connectivity index (χ1v) is 13.6. The van der Waals surface area contributed by atoms with E-state index in [1.807, 2.05) is 44.2 Å². The number of rotatable bonds is 8. The largest absolute Gasteiger partial charge is 0.481 e. The van der Waals surface area contributed by atoms with Crippen LogP contribution < -0.4 is 9.80 Å². The van der Waals surface area contributed by atoms with Gasteiger partial charge >= 0.3 is 5.97 Å².